The fourth-order valence-corrected chi connectivity index (χ4v) is 3.70. The van der Waals surface area contributed by atoms with Gasteiger partial charge in [-0.2, -0.15) is 0 Å². The van der Waals surface area contributed by atoms with E-state index in [1.165, 1.54) is 10.1 Å². The molecule has 0 aliphatic heterocycles. The number of thiophene rings is 1. The first-order valence-corrected chi connectivity index (χ1v) is 7.12. The van der Waals surface area contributed by atoms with E-state index in [1.54, 1.807) is 11.3 Å². The molecule has 1 heterocycles. The second-order valence-electron chi connectivity index (χ2n) is 4.81. The van der Waals surface area contributed by atoms with Crippen LogP contribution < -0.4 is 0 Å². The van der Waals surface area contributed by atoms with Crippen molar-refractivity contribution < 1.29 is 5.11 Å². The molecule has 1 nitrogen and oxygen atoms in total. The Hall–Kier alpha value is -0.860. The van der Waals surface area contributed by atoms with E-state index in [4.69, 9.17) is 0 Å². The van der Waals surface area contributed by atoms with Crippen molar-refractivity contribution in [1.82, 2.24) is 0 Å². The zero-order chi connectivity index (χ0) is 12.5. The van der Waals surface area contributed by atoms with Crippen molar-refractivity contribution in [3.63, 3.8) is 0 Å². The molecular weight excluding hydrogens is 228 g/mol. The van der Waals surface area contributed by atoms with Crippen LogP contribution in [-0.2, 0) is 5.60 Å². The largest absolute Gasteiger partial charge is 0.384 e. The molecule has 0 saturated carbocycles. The Morgan fingerprint density at radius 1 is 1.24 bits per heavy atom. The lowest BCUT2D eigenvalue weighted by atomic mass is 9.84. The first kappa shape index (κ1) is 12.6. The molecule has 2 rings (SSSR count). The Labute approximate surface area is 107 Å². The van der Waals surface area contributed by atoms with Crippen LogP contribution in [0, 0.1) is 5.92 Å². The third kappa shape index (κ3) is 2.24. The van der Waals surface area contributed by atoms with E-state index < -0.39 is 5.60 Å². The van der Waals surface area contributed by atoms with Gasteiger partial charge in [-0.3, -0.25) is 0 Å². The summed E-state index contributed by atoms with van der Waals surface area (Å²) in [4.78, 5) is 1.09. The molecule has 0 spiro atoms. The minimum atomic E-state index is -0.701. The van der Waals surface area contributed by atoms with Gasteiger partial charge < -0.3 is 5.11 Å². The zero-order valence-corrected chi connectivity index (χ0v) is 11.6. The number of rotatable bonds is 4. The predicted molar refractivity (Wildman–Crippen MR) is 75.5 cm³/mol. The van der Waals surface area contributed by atoms with Gasteiger partial charge in [-0.25, -0.2) is 0 Å². The summed E-state index contributed by atoms with van der Waals surface area (Å²) >= 11 is 1.71. The van der Waals surface area contributed by atoms with E-state index in [2.05, 4.69) is 38.1 Å². The third-order valence-corrected chi connectivity index (χ3v) is 5.05. The molecule has 92 valence electrons. The molecule has 1 atom stereocenters. The molecule has 17 heavy (non-hydrogen) atoms. The lowest BCUT2D eigenvalue weighted by Gasteiger charge is -2.30. The highest BCUT2D eigenvalue weighted by Crippen LogP contribution is 2.39. The van der Waals surface area contributed by atoms with Crippen molar-refractivity contribution in [3.05, 3.63) is 35.2 Å². The van der Waals surface area contributed by atoms with Crippen LogP contribution in [0.15, 0.2) is 30.3 Å². The lowest BCUT2D eigenvalue weighted by Crippen LogP contribution is -2.30. The topological polar surface area (TPSA) is 20.2 Å². The maximum atomic E-state index is 10.8. The van der Waals surface area contributed by atoms with Crippen LogP contribution >= 0.6 is 11.3 Å². The second-order valence-corrected chi connectivity index (χ2v) is 5.89. The molecule has 0 amide bonds. The summed E-state index contributed by atoms with van der Waals surface area (Å²) in [6, 6.07) is 10.5. The minimum absolute atomic E-state index is 0.329. The summed E-state index contributed by atoms with van der Waals surface area (Å²) in [7, 11) is 0. The van der Waals surface area contributed by atoms with Gasteiger partial charge in [0, 0.05) is 9.58 Å². The molecule has 1 unspecified atom stereocenters. The molecule has 0 radical (unpaired) electrons. The summed E-state index contributed by atoms with van der Waals surface area (Å²) in [6.45, 7) is 6.25. The second kappa shape index (κ2) is 4.79. The van der Waals surface area contributed by atoms with E-state index in [0.29, 0.717) is 5.92 Å². The van der Waals surface area contributed by atoms with Gasteiger partial charge in [-0.15, -0.1) is 11.3 Å². The SMILES string of the molecule is CCC(CC)C(C)(O)c1cc2ccccc2s1. The zero-order valence-electron chi connectivity index (χ0n) is 10.7. The molecule has 0 aliphatic carbocycles. The van der Waals surface area contributed by atoms with Crippen molar-refractivity contribution in [2.45, 2.75) is 39.2 Å². The highest BCUT2D eigenvalue weighted by molar-refractivity contribution is 7.19. The van der Waals surface area contributed by atoms with Crippen LogP contribution in [0.2, 0.25) is 0 Å². The number of fused-ring (bicyclic) bond motifs is 1. The Morgan fingerprint density at radius 2 is 1.88 bits per heavy atom. The van der Waals surface area contributed by atoms with Crippen LogP contribution in [0.3, 0.4) is 0 Å². The maximum Gasteiger partial charge on any atom is 0.0988 e. The molecule has 0 fully saturated rings. The smallest absolute Gasteiger partial charge is 0.0988 e. The van der Waals surface area contributed by atoms with Gasteiger partial charge in [0.2, 0.25) is 0 Å². The quantitative estimate of drug-likeness (QED) is 0.842. The fourth-order valence-electron chi connectivity index (χ4n) is 2.52. The van der Waals surface area contributed by atoms with Gasteiger partial charge in [-0.1, -0.05) is 44.9 Å². The average Bonchev–Trinajstić information content (AvgIpc) is 2.74. The van der Waals surface area contributed by atoms with Gasteiger partial charge >= 0.3 is 0 Å². The number of hydrogen-bond donors (Lipinski definition) is 1. The Bertz CT molecular complexity index is 461. The fraction of sp³-hybridized carbons (Fsp3) is 0.467. The molecule has 0 aliphatic rings. The van der Waals surface area contributed by atoms with Crippen molar-refractivity contribution in [2.24, 2.45) is 5.92 Å². The minimum Gasteiger partial charge on any atom is -0.384 e. The van der Waals surface area contributed by atoms with Crippen LogP contribution in [-0.4, -0.2) is 5.11 Å². The highest BCUT2D eigenvalue weighted by Gasteiger charge is 2.32. The van der Waals surface area contributed by atoms with Gasteiger partial charge in [0.1, 0.15) is 0 Å². The van der Waals surface area contributed by atoms with Crippen molar-refractivity contribution in [1.29, 1.82) is 0 Å². The highest BCUT2D eigenvalue weighted by atomic mass is 32.1. The van der Waals surface area contributed by atoms with Crippen LogP contribution in [0.4, 0.5) is 0 Å². The molecule has 2 aromatic rings. The molecule has 1 aromatic heterocycles. The van der Waals surface area contributed by atoms with E-state index in [-0.39, 0.29) is 0 Å². The first-order valence-electron chi connectivity index (χ1n) is 6.31. The van der Waals surface area contributed by atoms with E-state index in [1.807, 2.05) is 13.0 Å². The Morgan fingerprint density at radius 3 is 2.47 bits per heavy atom. The number of hydrogen-bond acceptors (Lipinski definition) is 2. The number of aliphatic hydroxyl groups is 1. The van der Waals surface area contributed by atoms with Gasteiger partial charge in [-0.05, 0) is 30.4 Å². The van der Waals surface area contributed by atoms with Crippen molar-refractivity contribution in [2.75, 3.05) is 0 Å². The van der Waals surface area contributed by atoms with Gasteiger partial charge in [0.15, 0.2) is 0 Å². The van der Waals surface area contributed by atoms with Crippen LogP contribution in [0.5, 0.6) is 0 Å². The average molecular weight is 248 g/mol. The molecule has 2 heteroatoms. The monoisotopic (exact) mass is 248 g/mol. The molecule has 1 aromatic carbocycles. The van der Waals surface area contributed by atoms with Gasteiger partial charge in [0.25, 0.3) is 0 Å². The molecule has 0 saturated heterocycles. The summed E-state index contributed by atoms with van der Waals surface area (Å²) in [6.07, 6.45) is 2.02. The van der Waals surface area contributed by atoms with E-state index in [9.17, 15) is 5.11 Å². The Balaban J connectivity index is 2.44. The third-order valence-electron chi connectivity index (χ3n) is 3.70. The molecular formula is C15H20OS. The first-order chi connectivity index (χ1) is 8.09. The lowest BCUT2D eigenvalue weighted by molar-refractivity contribution is -0.00602. The Kier molecular flexibility index (Phi) is 3.55. The van der Waals surface area contributed by atoms with Crippen molar-refractivity contribution in [3.8, 4) is 0 Å². The standard InChI is InChI=1S/C15H20OS/c1-4-12(5-2)15(3,16)14-10-11-8-6-7-9-13(11)17-14/h6-10,12,16H,4-5H2,1-3H3. The molecule has 1 N–H and O–H groups in total. The summed E-state index contributed by atoms with van der Waals surface area (Å²) in [5.74, 6) is 0.329. The van der Waals surface area contributed by atoms with E-state index in [0.717, 1.165) is 17.7 Å². The van der Waals surface area contributed by atoms with Crippen molar-refractivity contribution >= 4 is 21.4 Å². The number of benzene rings is 1. The normalized spacial score (nSPS) is 15.4. The summed E-state index contributed by atoms with van der Waals surface area (Å²) < 4.78 is 1.26. The summed E-state index contributed by atoms with van der Waals surface area (Å²) in [5, 5.41) is 12.0. The van der Waals surface area contributed by atoms with E-state index >= 15 is 0 Å². The maximum absolute atomic E-state index is 10.8. The summed E-state index contributed by atoms with van der Waals surface area (Å²) in [5.41, 5.74) is -0.701. The van der Waals surface area contributed by atoms with Crippen LogP contribution in [0.25, 0.3) is 10.1 Å². The predicted octanol–water partition coefficient (Wildman–Crippen LogP) is 4.55. The molecule has 0 bridgehead atoms. The van der Waals surface area contributed by atoms with Gasteiger partial charge in [0.05, 0.1) is 5.60 Å². The van der Waals surface area contributed by atoms with Crippen LogP contribution in [0.1, 0.15) is 38.5 Å².